The number of carbonyl (C=O) groups excluding carboxylic acids is 1. The van der Waals surface area contributed by atoms with Gasteiger partial charge in [0.1, 0.15) is 17.2 Å². The first-order valence-electron chi connectivity index (χ1n) is 14.4. The molecule has 1 saturated heterocycles. The Balaban J connectivity index is 1.22. The Hall–Kier alpha value is -4.90. The van der Waals surface area contributed by atoms with E-state index in [1.54, 1.807) is 30.5 Å². The minimum atomic E-state index is -0.552. The van der Waals surface area contributed by atoms with E-state index in [1.165, 1.54) is 37.5 Å². The van der Waals surface area contributed by atoms with Gasteiger partial charge in [0.2, 0.25) is 0 Å². The molecule has 0 bridgehead atoms. The predicted octanol–water partition coefficient (Wildman–Crippen LogP) is 6.65. The van der Waals surface area contributed by atoms with Crippen LogP contribution in [-0.4, -0.2) is 54.2 Å². The molecule has 3 aromatic carbocycles. The van der Waals surface area contributed by atoms with E-state index in [0.717, 1.165) is 19.5 Å². The number of fused-ring (bicyclic) bond motifs is 1. The summed E-state index contributed by atoms with van der Waals surface area (Å²) in [4.78, 5) is 30.9. The van der Waals surface area contributed by atoms with Crippen LogP contribution in [0.25, 0.3) is 10.9 Å². The number of benzene rings is 3. The van der Waals surface area contributed by atoms with Crippen molar-refractivity contribution in [1.82, 2.24) is 15.2 Å². The molecule has 1 unspecified atom stereocenters. The van der Waals surface area contributed by atoms with Gasteiger partial charge in [-0.3, -0.25) is 20.0 Å². The second kappa shape index (κ2) is 12.8. The average molecular weight is 600 g/mol. The molecule has 0 saturated carbocycles. The van der Waals surface area contributed by atoms with Crippen molar-refractivity contribution in [2.45, 2.75) is 45.2 Å². The van der Waals surface area contributed by atoms with Crippen molar-refractivity contribution in [1.29, 1.82) is 0 Å². The molecule has 0 radical (unpaired) electrons. The summed E-state index contributed by atoms with van der Waals surface area (Å²) >= 11 is 0. The topological polar surface area (TPSA) is 128 Å². The van der Waals surface area contributed by atoms with E-state index in [4.69, 9.17) is 14.2 Å². The second-order valence-electron chi connectivity index (χ2n) is 11.8. The number of nitrogens with zero attached hydrogens (tertiary/aromatic N) is 3. The Morgan fingerprint density at radius 1 is 1.02 bits per heavy atom. The van der Waals surface area contributed by atoms with Crippen LogP contribution in [0.4, 0.5) is 16.2 Å². The van der Waals surface area contributed by atoms with Gasteiger partial charge in [0, 0.05) is 43.3 Å². The number of urea groups is 1. The quantitative estimate of drug-likeness (QED) is 0.162. The largest absolute Gasteiger partial charge is 0.493 e. The van der Waals surface area contributed by atoms with E-state index in [0.29, 0.717) is 34.7 Å². The number of hydrogen-bond acceptors (Lipinski definition) is 8. The van der Waals surface area contributed by atoms with Gasteiger partial charge in [0.05, 0.1) is 30.7 Å². The summed E-state index contributed by atoms with van der Waals surface area (Å²) in [5.41, 5.74) is 3.00. The van der Waals surface area contributed by atoms with Gasteiger partial charge < -0.3 is 24.8 Å². The maximum atomic E-state index is 12.9. The molecule has 1 aliphatic heterocycles. The van der Waals surface area contributed by atoms with Gasteiger partial charge in [0.25, 0.3) is 5.69 Å². The number of aromatic nitrogens is 1. The highest BCUT2D eigenvalue weighted by molar-refractivity contribution is 5.92. The van der Waals surface area contributed by atoms with Gasteiger partial charge in [-0.1, -0.05) is 45.0 Å². The number of ether oxygens (including phenoxy) is 3. The van der Waals surface area contributed by atoms with Crippen molar-refractivity contribution >= 4 is 28.3 Å². The number of methoxy groups -OCH3 is 2. The number of nitro groups is 1. The molecule has 1 atom stereocenters. The third-order valence-corrected chi connectivity index (χ3v) is 7.68. The summed E-state index contributed by atoms with van der Waals surface area (Å²) < 4.78 is 16.8. The molecular weight excluding hydrogens is 562 g/mol. The molecule has 2 amide bonds. The summed E-state index contributed by atoms with van der Waals surface area (Å²) in [5, 5.41) is 18.2. The lowest BCUT2D eigenvalue weighted by Gasteiger charge is -2.20. The lowest BCUT2D eigenvalue weighted by Crippen LogP contribution is -2.39. The second-order valence-corrected chi connectivity index (χ2v) is 11.8. The van der Waals surface area contributed by atoms with E-state index >= 15 is 0 Å². The highest BCUT2D eigenvalue weighted by Crippen LogP contribution is 2.38. The number of anilines is 1. The summed E-state index contributed by atoms with van der Waals surface area (Å²) in [6.07, 6.45) is 2.37. The Morgan fingerprint density at radius 2 is 1.75 bits per heavy atom. The Bertz CT molecular complexity index is 1670. The number of carbonyl (C=O) groups is 1. The number of nitrogens with one attached hydrogen (secondary N) is 2. The van der Waals surface area contributed by atoms with Crippen molar-refractivity contribution in [3.8, 4) is 23.0 Å². The van der Waals surface area contributed by atoms with Gasteiger partial charge >= 0.3 is 6.03 Å². The zero-order chi connectivity index (χ0) is 31.4. The number of likely N-dealkylation sites (tertiary alicyclic amines) is 1. The molecule has 2 N–H and O–H groups in total. The fraction of sp³-hybridized carbons (Fsp3) is 0.333. The molecule has 11 heteroatoms. The molecule has 1 aliphatic rings. The minimum Gasteiger partial charge on any atom is -0.493 e. The highest BCUT2D eigenvalue weighted by Gasteiger charge is 2.25. The maximum absolute atomic E-state index is 12.9. The van der Waals surface area contributed by atoms with Crippen molar-refractivity contribution < 1.29 is 23.9 Å². The molecule has 2 heterocycles. The van der Waals surface area contributed by atoms with Gasteiger partial charge in [-0.15, -0.1) is 0 Å². The average Bonchev–Trinajstić information content (AvgIpc) is 3.43. The predicted molar refractivity (Wildman–Crippen MR) is 169 cm³/mol. The Labute approximate surface area is 256 Å². The van der Waals surface area contributed by atoms with Gasteiger partial charge in [0.15, 0.2) is 11.5 Å². The van der Waals surface area contributed by atoms with Crippen molar-refractivity contribution in [3.05, 3.63) is 88.1 Å². The summed E-state index contributed by atoms with van der Waals surface area (Å²) in [6, 6.07) is 17.5. The van der Waals surface area contributed by atoms with Crippen LogP contribution >= 0.6 is 0 Å². The van der Waals surface area contributed by atoms with Crippen molar-refractivity contribution in [3.63, 3.8) is 0 Å². The van der Waals surface area contributed by atoms with E-state index in [2.05, 4.69) is 65.6 Å². The third-order valence-electron chi connectivity index (χ3n) is 7.68. The summed E-state index contributed by atoms with van der Waals surface area (Å²) in [6.45, 7) is 8.92. The van der Waals surface area contributed by atoms with Crippen LogP contribution in [0.15, 0.2) is 66.9 Å². The Kier molecular flexibility index (Phi) is 8.86. The molecule has 1 aromatic heterocycles. The molecule has 11 nitrogen and oxygen atoms in total. The van der Waals surface area contributed by atoms with E-state index in [9.17, 15) is 14.9 Å². The monoisotopic (exact) mass is 599 g/mol. The fourth-order valence-corrected chi connectivity index (χ4v) is 5.30. The molecular formula is C33H37N5O6. The number of amides is 2. The minimum absolute atomic E-state index is 0.0684. The van der Waals surface area contributed by atoms with Gasteiger partial charge in [-0.25, -0.2) is 4.79 Å². The van der Waals surface area contributed by atoms with Crippen LogP contribution in [0.1, 0.15) is 38.3 Å². The summed E-state index contributed by atoms with van der Waals surface area (Å²) in [7, 11) is 3.07. The van der Waals surface area contributed by atoms with E-state index < -0.39 is 11.0 Å². The van der Waals surface area contributed by atoms with Crippen LogP contribution in [0.2, 0.25) is 0 Å². The lowest BCUT2D eigenvalue weighted by atomic mass is 9.87. The number of pyridine rings is 1. The molecule has 4 aromatic rings. The lowest BCUT2D eigenvalue weighted by molar-refractivity contribution is -0.384. The van der Waals surface area contributed by atoms with Crippen LogP contribution in [0, 0.1) is 10.1 Å². The molecule has 0 spiro atoms. The van der Waals surface area contributed by atoms with Crippen LogP contribution in [-0.2, 0) is 12.0 Å². The van der Waals surface area contributed by atoms with Crippen molar-refractivity contribution in [2.75, 3.05) is 32.6 Å². The van der Waals surface area contributed by atoms with E-state index in [1.807, 2.05) is 0 Å². The Morgan fingerprint density at radius 3 is 2.43 bits per heavy atom. The standard InChI is InChI=1S/C33H37N5O6/c1-33(2,3)22-8-6-21(7-9-22)19-37-15-13-23(20-37)35-32(39)36-26-11-10-24(16-28(26)38(40)41)44-29-12-14-34-27-18-31(43-5)30(42-4)17-25(27)29/h6-12,14,16-18,23H,13,15,19-20H2,1-5H3,(H2,35,36,39). The first-order chi connectivity index (χ1) is 21.0. The smallest absolute Gasteiger partial charge is 0.319 e. The molecule has 230 valence electrons. The van der Waals surface area contributed by atoms with Crippen LogP contribution in [0.3, 0.4) is 0 Å². The van der Waals surface area contributed by atoms with Crippen molar-refractivity contribution in [2.24, 2.45) is 0 Å². The first-order valence-corrected chi connectivity index (χ1v) is 14.4. The fourth-order valence-electron chi connectivity index (χ4n) is 5.30. The maximum Gasteiger partial charge on any atom is 0.319 e. The number of hydrogen-bond donors (Lipinski definition) is 2. The molecule has 0 aliphatic carbocycles. The molecule has 44 heavy (non-hydrogen) atoms. The zero-order valence-corrected chi connectivity index (χ0v) is 25.5. The van der Waals surface area contributed by atoms with Crippen LogP contribution < -0.4 is 24.8 Å². The first kappa shape index (κ1) is 30.6. The third kappa shape index (κ3) is 7.00. The highest BCUT2D eigenvalue weighted by atomic mass is 16.6. The molecule has 5 rings (SSSR count). The number of nitro benzene ring substituents is 1. The number of rotatable bonds is 9. The summed E-state index contributed by atoms with van der Waals surface area (Å²) in [5.74, 6) is 1.67. The van der Waals surface area contributed by atoms with E-state index in [-0.39, 0.29) is 28.6 Å². The van der Waals surface area contributed by atoms with Gasteiger partial charge in [-0.05, 0) is 47.2 Å². The SMILES string of the molecule is COc1cc2nccc(Oc3ccc(NC(=O)NC4CCN(Cc5ccc(C(C)(C)C)cc5)C4)c([N+](=O)[O-])c3)c2cc1OC. The van der Waals surface area contributed by atoms with Crippen LogP contribution in [0.5, 0.6) is 23.0 Å². The van der Waals surface area contributed by atoms with Gasteiger partial charge in [-0.2, -0.15) is 0 Å². The normalized spacial score (nSPS) is 15.2. The zero-order valence-electron chi connectivity index (χ0n) is 25.5. The molecule has 1 fully saturated rings.